The van der Waals surface area contributed by atoms with Gasteiger partial charge < -0.3 is 11.1 Å². The third-order valence-electron chi connectivity index (χ3n) is 1.42. The van der Waals surface area contributed by atoms with E-state index in [2.05, 4.69) is 22.5 Å². The quantitative estimate of drug-likeness (QED) is 0.439. The molecule has 14 heavy (non-hydrogen) atoms. The first-order valence-corrected chi connectivity index (χ1v) is 4.22. The minimum atomic E-state index is 0.0657. The number of rotatable bonds is 3. The van der Waals surface area contributed by atoms with Crippen LogP contribution in [0.4, 0.5) is 5.82 Å². The fourth-order valence-corrected chi connectivity index (χ4v) is 0.857. The van der Waals surface area contributed by atoms with Gasteiger partial charge in [-0.25, -0.2) is 4.98 Å². The maximum absolute atomic E-state index is 8.63. The molecule has 0 aliphatic rings. The summed E-state index contributed by atoms with van der Waals surface area (Å²) in [5.74, 6) is 0.636. The molecular formula is C9H8N4S. The van der Waals surface area contributed by atoms with Crippen LogP contribution in [0.1, 0.15) is 0 Å². The normalized spacial score (nSPS) is 10.4. The van der Waals surface area contributed by atoms with Crippen LogP contribution >= 0.6 is 12.2 Å². The molecule has 1 aromatic rings. The van der Waals surface area contributed by atoms with Crippen LogP contribution in [0.25, 0.3) is 0 Å². The van der Waals surface area contributed by atoms with Crippen molar-refractivity contribution >= 4 is 23.0 Å². The lowest BCUT2D eigenvalue weighted by atomic mass is 10.3. The van der Waals surface area contributed by atoms with Gasteiger partial charge in [0.2, 0.25) is 0 Å². The van der Waals surface area contributed by atoms with Gasteiger partial charge in [0.15, 0.2) is 0 Å². The highest BCUT2D eigenvalue weighted by molar-refractivity contribution is 7.80. The average molecular weight is 204 g/mol. The van der Waals surface area contributed by atoms with E-state index in [4.69, 9.17) is 11.0 Å². The number of thiocarbonyl (C=S) groups is 1. The third kappa shape index (κ3) is 2.84. The van der Waals surface area contributed by atoms with E-state index in [1.807, 2.05) is 12.1 Å². The van der Waals surface area contributed by atoms with E-state index in [0.717, 1.165) is 0 Å². The zero-order chi connectivity index (χ0) is 10.4. The van der Waals surface area contributed by atoms with Gasteiger partial charge in [0.05, 0.1) is 0 Å². The minimum absolute atomic E-state index is 0.0657. The topological polar surface area (TPSA) is 74.7 Å². The summed E-state index contributed by atoms with van der Waals surface area (Å²) in [6.45, 7) is 0. The molecule has 0 bridgehead atoms. The molecule has 5 heteroatoms. The Kier molecular flexibility index (Phi) is 3.58. The second kappa shape index (κ2) is 4.94. The van der Waals surface area contributed by atoms with Gasteiger partial charge in [-0.2, -0.15) is 5.26 Å². The van der Waals surface area contributed by atoms with Crippen molar-refractivity contribution in [3.8, 4) is 6.07 Å². The Morgan fingerprint density at radius 2 is 2.43 bits per heavy atom. The minimum Gasteiger partial charge on any atom is -0.389 e. The summed E-state index contributed by atoms with van der Waals surface area (Å²) in [6.07, 6.45) is 3.08. The van der Waals surface area contributed by atoms with Gasteiger partial charge in [0, 0.05) is 12.4 Å². The molecule has 0 aromatic carbocycles. The Balaban J connectivity index is 2.73. The average Bonchev–Trinajstić information content (AvgIpc) is 2.20. The number of hydrogen-bond acceptors (Lipinski definition) is 4. The van der Waals surface area contributed by atoms with Crippen molar-refractivity contribution in [2.75, 3.05) is 5.32 Å². The standard InChI is InChI=1S/C9H8N4S/c10-5-7(9(11)14)6-13-8-3-1-2-4-12-8/h1-4,6H,(H2,11,14)(H,12,13)/b7-6+. The van der Waals surface area contributed by atoms with Gasteiger partial charge in [-0.15, -0.1) is 0 Å². The highest BCUT2D eigenvalue weighted by Gasteiger charge is 1.97. The molecule has 0 saturated carbocycles. The molecule has 0 amide bonds. The van der Waals surface area contributed by atoms with Crippen molar-refractivity contribution in [3.05, 3.63) is 36.2 Å². The molecule has 70 valence electrons. The van der Waals surface area contributed by atoms with Crippen LogP contribution in [0.15, 0.2) is 36.2 Å². The van der Waals surface area contributed by atoms with E-state index in [1.165, 1.54) is 6.20 Å². The molecule has 0 aliphatic carbocycles. The highest BCUT2D eigenvalue weighted by Crippen LogP contribution is 2.01. The molecule has 3 N–H and O–H groups in total. The van der Waals surface area contributed by atoms with E-state index < -0.39 is 0 Å². The summed E-state index contributed by atoms with van der Waals surface area (Å²) < 4.78 is 0. The number of nitrogens with zero attached hydrogens (tertiary/aromatic N) is 2. The van der Waals surface area contributed by atoms with Gasteiger partial charge in [0.25, 0.3) is 0 Å². The van der Waals surface area contributed by atoms with Gasteiger partial charge in [-0.3, -0.25) is 0 Å². The summed E-state index contributed by atoms with van der Waals surface area (Å²) in [5, 5.41) is 11.4. The largest absolute Gasteiger partial charge is 0.389 e. The lowest BCUT2D eigenvalue weighted by Gasteiger charge is -1.99. The highest BCUT2D eigenvalue weighted by atomic mass is 32.1. The second-order valence-electron chi connectivity index (χ2n) is 2.39. The van der Waals surface area contributed by atoms with E-state index in [1.54, 1.807) is 18.3 Å². The molecule has 0 unspecified atom stereocenters. The lowest BCUT2D eigenvalue weighted by Crippen LogP contribution is -2.11. The molecule has 1 aromatic heterocycles. The summed E-state index contributed by atoms with van der Waals surface area (Å²) in [5.41, 5.74) is 5.52. The van der Waals surface area contributed by atoms with Crippen molar-refractivity contribution in [1.82, 2.24) is 4.98 Å². The van der Waals surface area contributed by atoms with Crippen molar-refractivity contribution in [1.29, 1.82) is 5.26 Å². The Morgan fingerprint density at radius 1 is 1.64 bits per heavy atom. The Bertz CT molecular complexity index is 391. The fraction of sp³-hybridized carbons (Fsp3) is 0. The Labute approximate surface area is 87.1 Å². The summed E-state index contributed by atoms with van der Waals surface area (Å²) in [7, 11) is 0. The summed E-state index contributed by atoms with van der Waals surface area (Å²) in [4.78, 5) is 4.06. The SMILES string of the molecule is N#C/C(=C\Nc1ccccn1)C(N)=S. The molecule has 0 fully saturated rings. The van der Waals surface area contributed by atoms with Crippen LogP contribution in [0.2, 0.25) is 0 Å². The Morgan fingerprint density at radius 3 is 2.93 bits per heavy atom. The molecule has 1 rings (SSSR count). The summed E-state index contributed by atoms with van der Waals surface area (Å²) in [6, 6.07) is 7.27. The Hall–Kier alpha value is -1.93. The van der Waals surface area contributed by atoms with Crippen molar-refractivity contribution in [2.45, 2.75) is 0 Å². The van der Waals surface area contributed by atoms with Crippen molar-refractivity contribution in [3.63, 3.8) is 0 Å². The van der Waals surface area contributed by atoms with Crippen molar-refractivity contribution < 1.29 is 0 Å². The van der Waals surface area contributed by atoms with Crippen LogP contribution in [0, 0.1) is 11.3 Å². The van der Waals surface area contributed by atoms with E-state index in [9.17, 15) is 0 Å². The van der Waals surface area contributed by atoms with Gasteiger partial charge in [-0.05, 0) is 12.1 Å². The lowest BCUT2D eigenvalue weighted by molar-refractivity contribution is 1.31. The molecule has 0 aliphatic heterocycles. The number of nitrogens with one attached hydrogen (secondary N) is 1. The maximum atomic E-state index is 8.63. The molecule has 1 heterocycles. The summed E-state index contributed by atoms with van der Waals surface area (Å²) >= 11 is 4.66. The smallest absolute Gasteiger partial charge is 0.129 e. The van der Waals surface area contributed by atoms with Crippen LogP contribution < -0.4 is 11.1 Å². The number of anilines is 1. The number of hydrogen-bond donors (Lipinski definition) is 2. The number of aromatic nitrogens is 1. The van der Waals surface area contributed by atoms with Crippen LogP contribution in [0.5, 0.6) is 0 Å². The molecule has 4 nitrogen and oxygen atoms in total. The third-order valence-corrected chi connectivity index (χ3v) is 1.64. The molecule has 0 spiro atoms. The zero-order valence-electron chi connectivity index (χ0n) is 7.27. The molecule has 0 radical (unpaired) electrons. The van der Waals surface area contributed by atoms with E-state index in [0.29, 0.717) is 5.82 Å². The second-order valence-corrected chi connectivity index (χ2v) is 2.83. The van der Waals surface area contributed by atoms with Gasteiger partial charge in [-0.1, -0.05) is 18.3 Å². The molecular weight excluding hydrogens is 196 g/mol. The number of nitriles is 1. The zero-order valence-corrected chi connectivity index (χ0v) is 8.08. The predicted octanol–water partition coefficient (Wildman–Crippen LogP) is 1.19. The number of nitrogens with two attached hydrogens (primary N) is 1. The first-order valence-electron chi connectivity index (χ1n) is 3.81. The van der Waals surface area contributed by atoms with Crippen LogP contribution in [-0.2, 0) is 0 Å². The van der Waals surface area contributed by atoms with Crippen molar-refractivity contribution in [2.24, 2.45) is 5.73 Å². The van der Waals surface area contributed by atoms with Crippen LogP contribution in [0.3, 0.4) is 0 Å². The van der Waals surface area contributed by atoms with Gasteiger partial charge >= 0.3 is 0 Å². The van der Waals surface area contributed by atoms with E-state index in [-0.39, 0.29) is 10.6 Å². The molecule has 0 atom stereocenters. The fourth-order valence-electron chi connectivity index (χ4n) is 0.753. The van der Waals surface area contributed by atoms with Crippen LogP contribution in [-0.4, -0.2) is 9.97 Å². The maximum Gasteiger partial charge on any atom is 0.129 e. The first kappa shape index (κ1) is 10.2. The van der Waals surface area contributed by atoms with E-state index >= 15 is 0 Å². The predicted molar refractivity (Wildman–Crippen MR) is 58.3 cm³/mol. The monoisotopic (exact) mass is 204 g/mol. The number of pyridine rings is 1. The van der Waals surface area contributed by atoms with Gasteiger partial charge in [0.1, 0.15) is 22.4 Å². The molecule has 0 saturated heterocycles. The first-order chi connectivity index (χ1) is 6.74.